The van der Waals surface area contributed by atoms with Gasteiger partial charge in [0.05, 0.1) is 11.2 Å². The number of hydrogen-bond acceptors (Lipinski definition) is 4. The lowest BCUT2D eigenvalue weighted by atomic mass is 9.75. The number of hydrogen-bond donors (Lipinski definition) is 0. The summed E-state index contributed by atoms with van der Waals surface area (Å²) in [6.45, 7) is 9.75. The highest BCUT2D eigenvalue weighted by atomic mass is 19.1. The Morgan fingerprint density at radius 1 is 1.04 bits per heavy atom. The lowest BCUT2D eigenvalue weighted by Gasteiger charge is -2.49. The Labute approximate surface area is 164 Å². The summed E-state index contributed by atoms with van der Waals surface area (Å²) in [4.78, 5) is 4.69. The molecular weight excluding hydrogens is 342 g/mol. The molecule has 0 aromatic heterocycles. The minimum atomic E-state index is -0.667. The molecule has 1 aliphatic heterocycles. The summed E-state index contributed by atoms with van der Waals surface area (Å²) in [5, 5.41) is 0. The van der Waals surface area contributed by atoms with Gasteiger partial charge in [-0.2, -0.15) is 0 Å². The zero-order valence-corrected chi connectivity index (χ0v) is 17.9. The fraction of sp³-hybridized carbons (Fsp3) is 0.714. The van der Waals surface area contributed by atoms with Gasteiger partial charge in [-0.05, 0) is 79.7 Å². The number of halogens is 1. The van der Waals surface area contributed by atoms with E-state index < -0.39 is 18.3 Å². The van der Waals surface area contributed by atoms with Gasteiger partial charge >= 0.3 is 7.12 Å². The van der Waals surface area contributed by atoms with Crippen LogP contribution in [0.2, 0.25) is 0 Å². The molecule has 4 nitrogen and oxygen atoms in total. The van der Waals surface area contributed by atoms with Crippen LogP contribution >= 0.6 is 0 Å². The Morgan fingerprint density at radius 2 is 1.63 bits per heavy atom. The second kappa shape index (κ2) is 7.14. The van der Waals surface area contributed by atoms with E-state index in [2.05, 4.69) is 30.9 Å². The first-order chi connectivity index (χ1) is 12.5. The maximum Gasteiger partial charge on any atom is 0.497 e. The van der Waals surface area contributed by atoms with Crippen LogP contribution in [-0.4, -0.2) is 61.3 Å². The van der Waals surface area contributed by atoms with Gasteiger partial charge in [0.15, 0.2) is 0 Å². The minimum Gasteiger partial charge on any atom is -0.399 e. The van der Waals surface area contributed by atoms with Gasteiger partial charge in [-0.15, -0.1) is 0 Å². The largest absolute Gasteiger partial charge is 0.497 e. The molecule has 1 saturated carbocycles. The molecule has 1 heterocycles. The summed E-state index contributed by atoms with van der Waals surface area (Å²) in [6, 6.07) is 5.30. The smallest absolute Gasteiger partial charge is 0.399 e. The standard InChI is InChI=1S/C21H34BFN2O2/c1-19(2)20(3,4)27-22(26-19)17-13-16(9-10-18(17)23)14-25(7)15-21(24(5)6)11-8-12-21/h9-10,13H,8,11-12,14-15H2,1-7H3. The lowest BCUT2D eigenvalue weighted by molar-refractivity contribution is 0.00578. The van der Waals surface area contributed by atoms with Gasteiger partial charge in [-0.3, -0.25) is 0 Å². The van der Waals surface area contributed by atoms with Crippen LogP contribution in [-0.2, 0) is 15.9 Å². The predicted molar refractivity (Wildman–Crippen MR) is 109 cm³/mol. The van der Waals surface area contributed by atoms with E-state index in [4.69, 9.17) is 9.31 Å². The highest BCUT2D eigenvalue weighted by Gasteiger charge is 2.52. The van der Waals surface area contributed by atoms with Gasteiger partial charge in [-0.1, -0.05) is 12.1 Å². The fourth-order valence-electron chi connectivity index (χ4n) is 4.04. The average molecular weight is 376 g/mol. The number of nitrogens with zero attached hydrogens (tertiary/aromatic N) is 2. The first-order valence-electron chi connectivity index (χ1n) is 9.96. The summed E-state index contributed by atoms with van der Waals surface area (Å²) in [7, 11) is 5.81. The van der Waals surface area contributed by atoms with E-state index in [1.165, 1.54) is 25.3 Å². The molecule has 1 aromatic rings. The molecule has 0 N–H and O–H groups in total. The predicted octanol–water partition coefficient (Wildman–Crippen LogP) is 3.04. The van der Waals surface area contributed by atoms with Crippen LogP contribution in [0.5, 0.6) is 0 Å². The monoisotopic (exact) mass is 376 g/mol. The van der Waals surface area contributed by atoms with Gasteiger partial charge in [0.2, 0.25) is 0 Å². The molecule has 27 heavy (non-hydrogen) atoms. The Bertz CT molecular complexity index is 673. The van der Waals surface area contributed by atoms with Crippen LogP contribution in [0.3, 0.4) is 0 Å². The quantitative estimate of drug-likeness (QED) is 0.713. The molecular formula is C21H34BFN2O2. The molecule has 0 spiro atoms. The van der Waals surface area contributed by atoms with E-state index in [9.17, 15) is 4.39 Å². The Morgan fingerprint density at radius 3 is 2.11 bits per heavy atom. The van der Waals surface area contributed by atoms with Crippen LogP contribution < -0.4 is 5.46 Å². The van der Waals surface area contributed by atoms with Crippen molar-refractivity contribution in [2.24, 2.45) is 0 Å². The van der Waals surface area contributed by atoms with Gasteiger partial charge in [0.1, 0.15) is 5.82 Å². The van der Waals surface area contributed by atoms with Gasteiger partial charge in [0.25, 0.3) is 0 Å². The van der Waals surface area contributed by atoms with E-state index in [-0.39, 0.29) is 11.4 Å². The Kier molecular flexibility index (Phi) is 5.50. The summed E-state index contributed by atoms with van der Waals surface area (Å²) in [6.07, 6.45) is 3.79. The zero-order chi connectivity index (χ0) is 20.0. The molecule has 2 aliphatic rings. The molecule has 3 rings (SSSR count). The van der Waals surface area contributed by atoms with Crippen LogP contribution in [0.1, 0.15) is 52.5 Å². The number of rotatable bonds is 6. The van der Waals surface area contributed by atoms with Crippen molar-refractivity contribution < 1.29 is 13.7 Å². The van der Waals surface area contributed by atoms with Crippen molar-refractivity contribution >= 4 is 12.6 Å². The molecule has 6 heteroatoms. The summed E-state index contributed by atoms with van der Waals surface area (Å²) < 4.78 is 26.6. The average Bonchev–Trinajstić information content (AvgIpc) is 2.72. The van der Waals surface area contributed by atoms with Crippen molar-refractivity contribution in [3.05, 3.63) is 29.6 Å². The molecule has 0 bridgehead atoms. The van der Waals surface area contributed by atoms with Gasteiger partial charge < -0.3 is 19.1 Å². The highest BCUT2D eigenvalue weighted by molar-refractivity contribution is 6.62. The maximum absolute atomic E-state index is 14.5. The summed E-state index contributed by atoms with van der Waals surface area (Å²) in [5.74, 6) is -0.274. The minimum absolute atomic E-state index is 0.274. The molecule has 2 fully saturated rings. The SMILES string of the molecule is CN(Cc1ccc(F)c(B2OC(C)(C)C(C)(C)O2)c1)CC1(N(C)C)CCC1. The molecule has 0 radical (unpaired) electrons. The lowest BCUT2D eigenvalue weighted by Crippen LogP contribution is -2.56. The van der Waals surface area contributed by atoms with E-state index >= 15 is 0 Å². The molecule has 1 saturated heterocycles. The maximum atomic E-state index is 14.5. The third-order valence-corrected chi connectivity index (χ3v) is 6.82. The van der Waals surface area contributed by atoms with Crippen LogP contribution in [0.15, 0.2) is 18.2 Å². The normalized spacial score (nSPS) is 23.1. The molecule has 0 amide bonds. The van der Waals surface area contributed by atoms with Crippen LogP contribution in [0, 0.1) is 5.82 Å². The van der Waals surface area contributed by atoms with Crippen LogP contribution in [0.25, 0.3) is 0 Å². The van der Waals surface area contributed by atoms with Crippen molar-refractivity contribution in [3.8, 4) is 0 Å². The van der Waals surface area contributed by atoms with Crippen molar-refractivity contribution in [1.29, 1.82) is 0 Å². The van der Waals surface area contributed by atoms with Crippen molar-refractivity contribution in [1.82, 2.24) is 9.80 Å². The second-order valence-corrected chi connectivity index (χ2v) is 9.59. The third kappa shape index (κ3) is 3.95. The molecule has 150 valence electrons. The molecule has 0 unspecified atom stereocenters. The van der Waals surface area contributed by atoms with E-state index in [0.717, 1.165) is 18.7 Å². The van der Waals surface area contributed by atoms with Crippen molar-refractivity contribution in [3.63, 3.8) is 0 Å². The highest BCUT2D eigenvalue weighted by Crippen LogP contribution is 2.38. The van der Waals surface area contributed by atoms with E-state index in [0.29, 0.717) is 5.46 Å². The summed E-state index contributed by atoms with van der Waals surface area (Å²) in [5.41, 5.74) is 0.907. The molecule has 1 aromatic carbocycles. The van der Waals surface area contributed by atoms with Crippen LogP contribution in [0.4, 0.5) is 4.39 Å². The number of benzene rings is 1. The second-order valence-electron chi connectivity index (χ2n) is 9.59. The Hall–Kier alpha value is -0.945. The first-order valence-corrected chi connectivity index (χ1v) is 9.96. The fourth-order valence-corrected chi connectivity index (χ4v) is 4.04. The van der Waals surface area contributed by atoms with E-state index in [1.54, 1.807) is 0 Å². The summed E-state index contributed by atoms with van der Waals surface area (Å²) >= 11 is 0. The molecule has 0 atom stereocenters. The Balaban J connectivity index is 1.72. The number of likely N-dealkylation sites (N-methyl/N-ethyl adjacent to an activating group) is 2. The third-order valence-electron chi connectivity index (χ3n) is 6.82. The van der Waals surface area contributed by atoms with Crippen molar-refractivity contribution in [2.45, 2.75) is 70.2 Å². The van der Waals surface area contributed by atoms with Gasteiger partial charge in [-0.25, -0.2) is 4.39 Å². The first kappa shape index (κ1) is 20.8. The zero-order valence-electron chi connectivity index (χ0n) is 17.9. The molecule has 1 aliphatic carbocycles. The van der Waals surface area contributed by atoms with Crippen molar-refractivity contribution in [2.75, 3.05) is 27.7 Å². The van der Waals surface area contributed by atoms with E-state index in [1.807, 2.05) is 39.8 Å². The topological polar surface area (TPSA) is 24.9 Å². The van der Waals surface area contributed by atoms with Gasteiger partial charge in [0, 0.05) is 24.1 Å².